The molecule has 0 fully saturated rings. The van der Waals surface area contributed by atoms with Crippen LogP contribution in [0.1, 0.15) is 47.5 Å². The van der Waals surface area contributed by atoms with Crippen LogP contribution in [0, 0.1) is 5.92 Å². The number of fused-ring (bicyclic) bond motifs is 1. The highest BCUT2D eigenvalue weighted by atomic mass is 32.2. The van der Waals surface area contributed by atoms with Crippen molar-refractivity contribution in [2.75, 3.05) is 18.2 Å². The van der Waals surface area contributed by atoms with Gasteiger partial charge in [-0.15, -0.1) is 16.4 Å². The third-order valence-electron chi connectivity index (χ3n) is 4.18. The molecule has 0 spiro atoms. The summed E-state index contributed by atoms with van der Waals surface area (Å²) in [5.41, 5.74) is 1.54. The predicted octanol–water partition coefficient (Wildman–Crippen LogP) is 2.79. The Hall–Kier alpha value is -1.94. The lowest BCUT2D eigenvalue weighted by molar-refractivity contribution is -0.113. The maximum absolute atomic E-state index is 12.5. The first-order chi connectivity index (χ1) is 13.0. The number of carbonyl (C=O) groups excluding carboxylic acids is 2. The normalized spacial score (nSPS) is 13.5. The van der Waals surface area contributed by atoms with E-state index in [1.165, 1.54) is 35.1 Å². The van der Waals surface area contributed by atoms with Gasteiger partial charge >= 0.3 is 5.97 Å². The average molecular weight is 410 g/mol. The Kier molecular flexibility index (Phi) is 6.48. The Balaban J connectivity index is 1.69. The summed E-state index contributed by atoms with van der Waals surface area (Å²) in [6, 6.07) is 0. The number of aryl methyl sites for hydroxylation is 1. The molecule has 1 aliphatic rings. The number of hydrogen-bond acceptors (Lipinski definition) is 8. The Morgan fingerprint density at radius 1 is 1.33 bits per heavy atom. The highest BCUT2D eigenvalue weighted by Gasteiger charge is 2.27. The molecule has 146 valence electrons. The van der Waals surface area contributed by atoms with Crippen molar-refractivity contribution in [2.24, 2.45) is 5.92 Å². The molecule has 0 atom stereocenters. The van der Waals surface area contributed by atoms with E-state index in [0.29, 0.717) is 28.2 Å². The molecule has 3 rings (SSSR count). The van der Waals surface area contributed by atoms with E-state index in [1.54, 1.807) is 4.68 Å². The maximum Gasteiger partial charge on any atom is 0.341 e. The van der Waals surface area contributed by atoms with E-state index >= 15 is 0 Å². The van der Waals surface area contributed by atoms with Gasteiger partial charge < -0.3 is 10.1 Å². The number of amides is 1. The molecule has 1 N–H and O–H groups in total. The fourth-order valence-electron chi connectivity index (χ4n) is 3.03. The van der Waals surface area contributed by atoms with Crippen LogP contribution in [0.4, 0.5) is 5.00 Å². The van der Waals surface area contributed by atoms with Crippen molar-refractivity contribution in [3.63, 3.8) is 0 Å². The summed E-state index contributed by atoms with van der Waals surface area (Å²) in [6.07, 6.45) is 3.95. The number of aromatic nitrogens is 4. The highest BCUT2D eigenvalue weighted by molar-refractivity contribution is 7.99. The second kappa shape index (κ2) is 8.83. The lowest BCUT2D eigenvalue weighted by atomic mass is 9.95. The monoisotopic (exact) mass is 409 g/mol. The summed E-state index contributed by atoms with van der Waals surface area (Å²) in [7, 11) is 1.37. The minimum Gasteiger partial charge on any atom is -0.465 e. The minimum absolute atomic E-state index is 0.168. The molecule has 0 aliphatic heterocycles. The van der Waals surface area contributed by atoms with Gasteiger partial charge in [0.1, 0.15) is 5.00 Å². The summed E-state index contributed by atoms with van der Waals surface area (Å²) < 4.78 is 6.64. The van der Waals surface area contributed by atoms with Crippen molar-refractivity contribution in [3.05, 3.63) is 16.0 Å². The molecule has 8 nitrogen and oxygen atoms in total. The number of thioether (sulfide) groups is 1. The first-order valence-electron chi connectivity index (χ1n) is 8.91. The van der Waals surface area contributed by atoms with Crippen LogP contribution >= 0.6 is 23.1 Å². The van der Waals surface area contributed by atoms with E-state index in [2.05, 4.69) is 34.7 Å². The molecular weight excluding hydrogens is 386 g/mol. The Morgan fingerprint density at radius 2 is 2.11 bits per heavy atom. The molecule has 0 aromatic carbocycles. The van der Waals surface area contributed by atoms with Gasteiger partial charge in [0.15, 0.2) is 0 Å². The van der Waals surface area contributed by atoms with E-state index in [4.69, 9.17) is 4.74 Å². The van der Waals surface area contributed by atoms with Gasteiger partial charge in [-0.05, 0) is 47.6 Å². The predicted molar refractivity (Wildman–Crippen MR) is 104 cm³/mol. The Bertz CT molecular complexity index is 831. The molecule has 1 amide bonds. The van der Waals surface area contributed by atoms with Crippen molar-refractivity contribution in [2.45, 2.75) is 51.2 Å². The number of anilines is 1. The van der Waals surface area contributed by atoms with Gasteiger partial charge in [0.05, 0.1) is 18.4 Å². The van der Waals surface area contributed by atoms with E-state index in [0.717, 1.165) is 31.2 Å². The summed E-state index contributed by atoms with van der Waals surface area (Å²) in [5, 5.41) is 15.7. The summed E-state index contributed by atoms with van der Waals surface area (Å²) in [6.45, 7) is 4.85. The average Bonchev–Trinajstić information content (AvgIpc) is 3.22. The van der Waals surface area contributed by atoms with Crippen molar-refractivity contribution >= 4 is 40.0 Å². The van der Waals surface area contributed by atoms with Crippen molar-refractivity contribution in [3.8, 4) is 0 Å². The van der Waals surface area contributed by atoms with E-state index in [-0.39, 0.29) is 11.7 Å². The third kappa shape index (κ3) is 4.67. The number of methoxy groups -OCH3 is 1. The number of nitrogens with one attached hydrogen (secondary N) is 1. The van der Waals surface area contributed by atoms with E-state index in [1.807, 2.05) is 0 Å². The minimum atomic E-state index is -0.391. The van der Waals surface area contributed by atoms with Crippen LogP contribution in [0.15, 0.2) is 5.16 Å². The van der Waals surface area contributed by atoms with Crippen LogP contribution in [-0.4, -0.2) is 44.9 Å². The number of hydrogen-bond donors (Lipinski definition) is 1. The molecule has 0 bridgehead atoms. The lowest BCUT2D eigenvalue weighted by Gasteiger charge is -2.11. The summed E-state index contributed by atoms with van der Waals surface area (Å²) in [5.74, 6) is -0.00966. The van der Waals surface area contributed by atoms with Gasteiger partial charge in [-0.3, -0.25) is 4.79 Å². The van der Waals surface area contributed by atoms with Gasteiger partial charge in [0.25, 0.3) is 0 Å². The number of nitrogens with zero attached hydrogens (tertiary/aromatic N) is 4. The zero-order chi connectivity index (χ0) is 19.4. The molecule has 1 aliphatic carbocycles. The number of carbonyl (C=O) groups is 2. The van der Waals surface area contributed by atoms with Crippen LogP contribution in [0.25, 0.3) is 0 Å². The van der Waals surface area contributed by atoms with Gasteiger partial charge in [0.2, 0.25) is 11.1 Å². The molecule has 27 heavy (non-hydrogen) atoms. The fourth-order valence-corrected chi connectivity index (χ4v) is 5.01. The third-order valence-corrected chi connectivity index (χ3v) is 6.35. The Morgan fingerprint density at radius 3 is 2.85 bits per heavy atom. The van der Waals surface area contributed by atoms with Crippen molar-refractivity contribution in [1.29, 1.82) is 0 Å². The zero-order valence-electron chi connectivity index (χ0n) is 15.7. The summed E-state index contributed by atoms with van der Waals surface area (Å²) >= 11 is 2.76. The zero-order valence-corrected chi connectivity index (χ0v) is 17.3. The van der Waals surface area contributed by atoms with Gasteiger partial charge in [-0.25, -0.2) is 9.48 Å². The summed E-state index contributed by atoms with van der Waals surface area (Å²) in [4.78, 5) is 25.9. The molecule has 0 radical (unpaired) electrons. The largest absolute Gasteiger partial charge is 0.465 e. The van der Waals surface area contributed by atoms with Crippen LogP contribution in [0.2, 0.25) is 0 Å². The molecule has 10 heteroatoms. The van der Waals surface area contributed by atoms with Crippen LogP contribution in [-0.2, 0) is 28.9 Å². The fraction of sp³-hybridized carbons (Fsp3) is 0.588. The van der Waals surface area contributed by atoms with E-state index in [9.17, 15) is 9.59 Å². The number of thiophene rings is 1. The SMILES string of the molecule is COC(=O)c1c(NC(=O)CSc2nnnn2CC(C)C)sc2c1CCCC2. The quantitative estimate of drug-likeness (QED) is 0.554. The second-order valence-corrected chi connectivity index (χ2v) is 8.83. The smallest absolute Gasteiger partial charge is 0.341 e. The molecule has 0 saturated heterocycles. The number of rotatable bonds is 7. The number of tetrazole rings is 1. The van der Waals surface area contributed by atoms with Crippen LogP contribution in [0.5, 0.6) is 0 Å². The number of esters is 1. The lowest BCUT2D eigenvalue weighted by Crippen LogP contribution is -2.17. The molecule has 0 unspecified atom stereocenters. The van der Waals surface area contributed by atoms with Crippen LogP contribution in [0.3, 0.4) is 0 Å². The van der Waals surface area contributed by atoms with Gasteiger partial charge in [-0.2, -0.15) is 0 Å². The molecular formula is C17H23N5O3S2. The molecule has 2 aromatic rings. The second-order valence-electron chi connectivity index (χ2n) is 6.78. The van der Waals surface area contributed by atoms with Crippen LogP contribution < -0.4 is 5.32 Å². The first-order valence-corrected chi connectivity index (χ1v) is 10.7. The first kappa shape index (κ1) is 19.8. The number of ether oxygens (including phenoxy) is 1. The Labute approximate surface area is 166 Å². The van der Waals surface area contributed by atoms with Gasteiger partial charge in [0, 0.05) is 11.4 Å². The van der Waals surface area contributed by atoms with Crippen molar-refractivity contribution < 1.29 is 14.3 Å². The topological polar surface area (TPSA) is 99.0 Å². The standard InChI is InChI=1S/C17H23N5O3S2/c1-10(2)8-22-17(19-20-21-22)26-9-13(23)18-15-14(16(24)25-3)11-6-4-5-7-12(11)27-15/h10H,4-9H2,1-3H3,(H,18,23). The molecule has 2 heterocycles. The van der Waals surface area contributed by atoms with E-state index < -0.39 is 5.97 Å². The molecule has 0 saturated carbocycles. The maximum atomic E-state index is 12.5. The molecule has 2 aromatic heterocycles. The van der Waals surface area contributed by atoms with Crippen molar-refractivity contribution in [1.82, 2.24) is 20.2 Å². The highest BCUT2D eigenvalue weighted by Crippen LogP contribution is 2.38. The van der Waals surface area contributed by atoms with Gasteiger partial charge in [-0.1, -0.05) is 25.6 Å².